The van der Waals surface area contributed by atoms with Crippen LogP contribution in [-0.2, 0) is 17.6 Å². The molecule has 21 heavy (non-hydrogen) atoms. The van der Waals surface area contributed by atoms with Crippen molar-refractivity contribution >= 4 is 17.3 Å². The Kier molecular flexibility index (Phi) is 5.38. The fourth-order valence-electron chi connectivity index (χ4n) is 2.23. The van der Waals surface area contributed by atoms with Crippen LogP contribution in [0.1, 0.15) is 30.9 Å². The maximum atomic E-state index is 12.0. The van der Waals surface area contributed by atoms with E-state index in [1.807, 2.05) is 36.4 Å². The Hall–Kier alpha value is -2.29. The van der Waals surface area contributed by atoms with E-state index in [-0.39, 0.29) is 5.91 Å². The first kappa shape index (κ1) is 15.1. The van der Waals surface area contributed by atoms with Crippen molar-refractivity contribution < 1.29 is 4.79 Å². The Balaban J connectivity index is 1.90. The molecule has 0 spiro atoms. The Labute approximate surface area is 126 Å². The number of anilines is 2. The summed E-state index contributed by atoms with van der Waals surface area (Å²) in [5, 5.41) is 2.91. The Morgan fingerprint density at radius 2 is 1.86 bits per heavy atom. The molecule has 0 aromatic heterocycles. The SMILES string of the molecule is CCCCc1ccc(NC(=O)Cc2cccc(N)c2)cc1. The molecule has 0 aliphatic heterocycles. The van der Waals surface area contributed by atoms with Crippen molar-refractivity contribution in [2.45, 2.75) is 32.6 Å². The minimum Gasteiger partial charge on any atom is -0.399 e. The molecule has 3 heteroatoms. The first-order valence-corrected chi connectivity index (χ1v) is 7.40. The van der Waals surface area contributed by atoms with Gasteiger partial charge in [-0.3, -0.25) is 4.79 Å². The lowest BCUT2D eigenvalue weighted by molar-refractivity contribution is -0.115. The molecule has 0 aliphatic rings. The molecular formula is C18H22N2O. The smallest absolute Gasteiger partial charge is 0.228 e. The molecule has 2 rings (SSSR count). The lowest BCUT2D eigenvalue weighted by Gasteiger charge is -2.07. The largest absolute Gasteiger partial charge is 0.399 e. The van der Waals surface area contributed by atoms with Crippen LogP contribution in [0.5, 0.6) is 0 Å². The van der Waals surface area contributed by atoms with Gasteiger partial charge in [-0.1, -0.05) is 37.6 Å². The lowest BCUT2D eigenvalue weighted by Crippen LogP contribution is -2.14. The molecule has 0 fully saturated rings. The Bertz CT molecular complexity index is 590. The Morgan fingerprint density at radius 1 is 1.10 bits per heavy atom. The van der Waals surface area contributed by atoms with Crippen molar-refractivity contribution in [1.29, 1.82) is 0 Å². The van der Waals surface area contributed by atoms with Crippen molar-refractivity contribution in [3.8, 4) is 0 Å². The molecule has 110 valence electrons. The number of unbranched alkanes of at least 4 members (excludes halogenated alkanes) is 1. The summed E-state index contributed by atoms with van der Waals surface area (Å²) in [4.78, 5) is 12.0. The zero-order valence-corrected chi connectivity index (χ0v) is 12.4. The van der Waals surface area contributed by atoms with Crippen molar-refractivity contribution in [2.24, 2.45) is 0 Å². The van der Waals surface area contributed by atoms with Crippen LogP contribution in [0, 0.1) is 0 Å². The molecule has 0 heterocycles. The van der Waals surface area contributed by atoms with Crippen LogP contribution in [0.3, 0.4) is 0 Å². The predicted molar refractivity (Wildman–Crippen MR) is 88.2 cm³/mol. The van der Waals surface area contributed by atoms with E-state index in [0.717, 1.165) is 17.7 Å². The highest BCUT2D eigenvalue weighted by atomic mass is 16.1. The maximum Gasteiger partial charge on any atom is 0.228 e. The minimum absolute atomic E-state index is 0.0260. The van der Waals surface area contributed by atoms with Crippen LogP contribution in [0.2, 0.25) is 0 Å². The number of rotatable bonds is 6. The van der Waals surface area contributed by atoms with E-state index in [9.17, 15) is 4.79 Å². The average Bonchev–Trinajstić information content (AvgIpc) is 2.46. The molecule has 3 N–H and O–H groups in total. The normalized spacial score (nSPS) is 10.3. The molecule has 3 nitrogen and oxygen atoms in total. The third-order valence-corrected chi connectivity index (χ3v) is 3.37. The summed E-state index contributed by atoms with van der Waals surface area (Å²) in [6, 6.07) is 15.5. The molecule has 0 radical (unpaired) electrons. The third kappa shape index (κ3) is 4.95. The number of hydrogen-bond acceptors (Lipinski definition) is 2. The molecule has 2 aromatic carbocycles. The van der Waals surface area contributed by atoms with Crippen LogP contribution < -0.4 is 11.1 Å². The van der Waals surface area contributed by atoms with Crippen molar-refractivity contribution in [2.75, 3.05) is 11.1 Å². The van der Waals surface area contributed by atoms with Gasteiger partial charge in [-0.05, 0) is 48.2 Å². The monoisotopic (exact) mass is 282 g/mol. The average molecular weight is 282 g/mol. The topological polar surface area (TPSA) is 55.1 Å². The molecule has 1 amide bonds. The van der Waals surface area contributed by atoms with Crippen LogP contribution in [0.25, 0.3) is 0 Å². The van der Waals surface area contributed by atoms with E-state index >= 15 is 0 Å². The summed E-state index contributed by atoms with van der Waals surface area (Å²) in [6.45, 7) is 2.19. The number of nitrogens with one attached hydrogen (secondary N) is 1. The molecule has 0 bridgehead atoms. The molecular weight excluding hydrogens is 260 g/mol. The van der Waals surface area contributed by atoms with Gasteiger partial charge in [0.15, 0.2) is 0 Å². The van der Waals surface area contributed by atoms with E-state index < -0.39 is 0 Å². The highest BCUT2D eigenvalue weighted by Gasteiger charge is 2.04. The number of carbonyl (C=O) groups excluding carboxylic acids is 1. The second kappa shape index (κ2) is 7.48. The number of benzene rings is 2. The van der Waals surface area contributed by atoms with E-state index in [1.54, 1.807) is 0 Å². The zero-order chi connectivity index (χ0) is 15.1. The van der Waals surface area contributed by atoms with Gasteiger partial charge in [-0.25, -0.2) is 0 Å². The number of amides is 1. The molecule has 0 saturated heterocycles. The van der Waals surface area contributed by atoms with Crippen molar-refractivity contribution in [1.82, 2.24) is 0 Å². The van der Waals surface area contributed by atoms with Gasteiger partial charge in [0.2, 0.25) is 5.91 Å². The molecule has 0 unspecified atom stereocenters. The predicted octanol–water partition coefficient (Wildman–Crippen LogP) is 3.79. The second-order valence-electron chi connectivity index (χ2n) is 5.27. The summed E-state index contributed by atoms with van der Waals surface area (Å²) in [7, 11) is 0. The van der Waals surface area contributed by atoms with Crippen molar-refractivity contribution in [3.05, 3.63) is 59.7 Å². The van der Waals surface area contributed by atoms with Crippen LogP contribution in [0.15, 0.2) is 48.5 Å². The van der Waals surface area contributed by atoms with Gasteiger partial charge in [-0.15, -0.1) is 0 Å². The van der Waals surface area contributed by atoms with Gasteiger partial charge >= 0.3 is 0 Å². The lowest BCUT2D eigenvalue weighted by atomic mass is 10.1. The second-order valence-corrected chi connectivity index (χ2v) is 5.27. The summed E-state index contributed by atoms with van der Waals surface area (Å²) in [5.74, 6) is -0.0260. The summed E-state index contributed by atoms with van der Waals surface area (Å²) >= 11 is 0. The minimum atomic E-state index is -0.0260. The van der Waals surface area contributed by atoms with Crippen LogP contribution in [0.4, 0.5) is 11.4 Å². The van der Waals surface area contributed by atoms with Gasteiger partial charge in [0.25, 0.3) is 0 Å². The molecule has 2 aromatic rings. The summed E-state index contributed by atoms with van der Waals surface area (Å²) < 4.78 is 0. The first-order chi connectivity index (χ1) is 10.2. The Morgan fingerprint density at radius 3 is 2.52 bits per heavy atom. The number of nitrogens with two attached hydrogens (primary N) is 1. The van der Waals surface area contributed by atoms with E-state index in [4.69, 9.17) is 5.73 Å². The van der Waals surface area contributed by atoms with Gasteiger partial charge in [0.1, 0.15) is 0 Å². The fourth-order valence-corrected chi connectivity index (χ4v) is 2.23. The van der Waals surface area contributed by atoms with Crippen molar-refractivity contribution in [3.63, 3.8) is 0 Å². The molecule has 0 aliphatic carbocycles. The van der Waals surface area contributed by atoms with Gasteiger partial charge in [0.05, 0.1) is 6.42 Å². The first-order valence-electron chi connectivity index (χ1n) is 7.40. The highest BCUT2D eigenvalue weighted by molar-refractivity contribution is 5.92. The van der Waals surface area contributed by atoms with Gasteiger partial charge in [-0.2, -0.15) is 0 Å². The summed E-state index contributed by atoms with van der Waals surface area (Å²) in [6.07, 6.45) is 3.82. The third-order valence-electron chi connectivity index (χ3n) is 3.37. The van der Waals surface area contributed by atoms with Gasteiger partial charge in [0, 0.05) is 11.4 Å². The van der Waals surface area contributed by atoms with Gasteiger partial charge < -0.3 is 11.1 Å². The quantitative estimate of drug-likeness (QED) is 0.792. The van der Waals surface area contributed by atoms with E-state index in [0.29, 0.717) is 12.1 Å². The molecule has 0 saturated carbocycles. The van der Waals surface area contributed by atoms with Crippen LogP contribution >= 0.6 is 0 Å². The van der Waals surface area contributed by atoms with E-state index in [1.165, 1.54) is 18.4 Å². The number of aryl methyl sites for hydroxylation is 1. The number of hydrogen-bond donors (Lipinski definition) is 2. The van der Waals surface area contributed by atoms with E-state index in [2.05, 4.69) is 24.4 Å². The zero-order valence-electron chi connectivity index (χ0n) is 12.4. The standard InChI is InChI=1S/C18H22N2O/c1-2-3-5-14-8-10-17(11-9-14)20-18(21)13-15-6-4-7-16(19)12-15/h4,6-12H,2-3,5,13,19H2,1H3,(H,20,21). The molecule has 0 atom stereocenters. The maximum absolute atomic E-state index is 12.0. The highest BCUT2D eigenvalue weighted by Crippen LogP contribution is 2.13. The van der Waals surface area contributed by atoms with Crippen LogP contribution in [-0.4, -0.2) is 5.91 Å². The number of nitrogen functional groups attached to an aromatic ring is 1. The number of carbonyl (C=O) groups is 1. The fraction of sp³-hybridized carbons (Fsp3) is 0.278. The summed E-state index contributed by atoms with van der Waals surface area (Å²) in [5.41, 5.74) is 9.46.